The Bertz CT molecular complexity index is 920. The molecular formula is C19H22BrClN2O4S. The van der Waals surface area contributed by atoms with E-state index >= 15 is 0 Å². The van der Waals surface area contributed by atoms with Crippen LogP contribution in [-0.2, 0) is 14.8 Å². The van der Waals surface area contributed by atoms with Crippen molar-refractivity contribution in [2.24, 2.45) is 0 Å². The van der Waals surface area contributed by atoms with Crippen molar-refractivity contribution in [3.05, 3.63) is 57.5 Å². The lowest BCUT2D eigenvalue weighted by Gasteiger charge is -2.15. The number of sulfonamides is 1. The molecule has 0 fully saturated rings. The molecule has 0 aliphatic heterocycles. The van der Waals surface area contributed by atoms with Crippen LogP contribution in [-0.4, -0.2) is 27.5 Å². The predicted octanol–water partition coefficient (Wildman–Crippen LogP) is 4.05. The number of hydrogen-bond acceptors (Lipinski definition) is 4. The Morgan fingerprint density at radius 2 is 1.89 bits per heavy atom. The van der Waals surface area contributed by atoms with Gasteiger partial charge in [-0.25, -0.2) is 13.1 Å². The van der Waals surface area contributed by atoms with Crippen molar-refractivity contribution in [2.75, 3.05) is 13.2 Å². The highest BCUT2D eigenvalue weighted by molar-refractivity contribution is 9.10. The van der Waals surface area contributed by atoms with E-state index in [4.69, 9.17) is 16.3 Å². The van der Waals surface area contributed by atoms with Crippen LogP contribution in [0.5, 0.6) is 5.75 Å². The molecular weight excluding hydrogens is 468 g/mol. The fourth-order valence-corrected chi connectivity index (χ4v) is 4.07. The lowest BCUT2D eigenvalue weighted by atomic mass is 10.1. The molecule has 1 amide bonds. The summed E-state index contributed by atoms with van der Waals surface area (Å²) in [6.45, 7) is 3.85. The van der Waals surface area contributed by atoms with Gasteiger partial charge in [-0.05, 0) is 49.2 Å². The standard InChI is InChI=1S/C19H22BrClN2O4S/c1-3-10-22-28(25,26)16-8-9-18(17(21)11-16)27-12-19(24)23-13(2)14-4-6-15(20)7-5-14/h4-9,11,13,22H,3,10,12H2,1-2H3,(H,23,24). The highest BCUT2D eigenvalue weighted by Gasteiger charge is 2.16. The number of carbonyl (C=O) groups excluding carboxylic acids is 1. The maximum Gasteiger partial charge on any atom is 0.258 e. The first-order valence-electron chi connectivity index (χ1n) is 8.69. The highest BCUT2D eigenvalue weighted by atomic mass is 79.9. The number of benzene rings is 2. The molecule has 0 spiro atoms. The SMILES string of the molecule is CCCNS(=O)(=O)c1ccc(OCC(=O)NC(C)c2ccc(Br)cc2)c(Cl)c1. The Hall–Kier alpha value is -1.61. The van der Waals surface area contributed by atoms with Gasteiger partial charge >= 0.3 is 0 Å². The predicted molar refractivity (Wildman–Crippen MR) is 113 cm³/mol. The van der Waals surface area contributed by atoms with Crippen molar-refractivity contribution in [2.45, 2.75) is 31.2 Å². The molecule has 1 atom stereocenters. The zero-order valence-corrected chi connectivity index (χ0v) is 18.7. The number of ether oxygens (including phenoxy) is 1. The van der Waals surface area contributed by atoms with Gasteiger partial charge in [-0.2, -0.15) is 0 Å². The van der Waals surface area contributed by atoms with Crippen LogP contribution >= 0.6 is 27.5 Å². The zero-order valence-electron chi connectivity index (χ0n) is 15.5. The molecule has 0 radical (unpaired) electrons. The molecule has 28 heavy (non-hydrogen) atoms. The lowest BCUT2D eigenvalue weighted by molar-refractivity contribution is -0.123. The molecule has 0 aliphatic rings. The van der Waals surface area contributed by atoms with E-state index < -0.39 is 10.0 Å². The molecule has 2 rings (SSSR count). The molecule has 9 heteroatoms. The van der Waals surface area contributed by atoms with E-state index in [1.165, 1.54) is 18.2 Å². The normalized spacial score (nSPS) is 12.4. The number of hydrogen-bond donors (Lipinski definition) is 2. The van der Waals surface area contributed by atoms with Gasteiger partial charge in [-0.3, -0.25) is 4.79 Å². The number of halogens is 2. The largest absolute Gasteiger partial charge is 0.482 e. The smallest absolute Gasteiger partial charge is 0.258 e. The highest BCUT2D eigenvalue weighted by Crippen LogP contribution is 2.27. The summed E-state index contributed by atoms with van der Waals surface area (Å²) in [7, 11) is -3.62. The summed E-state index contributed by atoms with van der Waals surface area (Å²) in [6.07, 6.45) is 0.682. The molecule has 152 valence electrons. The second-order valence-corrected chi connectivity index (χ2v) is 9.21. The van der Waals surface area contributed by atoms with E-state index in [0.29, 0.717) is 13.0 Å². The minimum Gasteiger partial charge on any atom is -0.482 e. The fraction of sp³-hybridized carbons (Fsp3) is 0.316. The maximum atomic E-state index is 12.1. The van der Waals surface area contributed by atoms with Gasteiger partial charge in [0.2, 0.25) is 10.0 Å². The molecule has 0 saturated carbocycles. The van der Waals surface area contributed by atoms with Crippen LogP contribution in [0.3, 0.4) is 0 Å². The van der Waals surface area contributed by atoms with Crippen LogP contribution in [0.1, 0.15) is 31.9 Å². The molecule has 2 aromatic carbocycles. The van der Waals surface area contributed by atoms with Gasteiger partial charge in [0.25, 0.3) is 5.91 Å². The average Bonchev–Trinajstić information content (AvgIpc) is 2.65. The summed E-state index contributed by atoms with van der Waals surface area (Å²) in [5.41, 5.74) is 0.962. The average molecular weight is 490 g/mol. The molecule has 2 aromatic rings. The monoisotopic (exact) mass is 488 g/mol. The molecule has 6 nitrogen and oxygen atoms in total. The van der Waals surface area contributed by atoms with Gasteiger partial charge in [0, 0.05) is 11.0 Å². The van der Waals surface area contributed by atoms with Gasteiger partial charge in [0.1, 0.15) is 5.75 Å². The van der Waals surface area contributed by atoms with E-state index in [1.54, 1.807) is 0 Å². The van der Waals surface area contributed by atoms with Crippen molar-refractivity contribution in [1.82, 2.24) is 10.0 Å². The van der Waals surface area contributed by atoms with Gasteiger partial charge in [-0.15, -0.1) is 0 Å². The summed E-state index contributed by atoms with van der Waals surface area (Å²) in [4.78, 5) is 12.2. The first-order chi connectivity index (χ1) is 13.2. The second kappa shape index (κ2) is 10.2. The summed E-state index contributed by atoms with van der Waals surface area (Å²) in [5, 5.41) is 2.95. The first-order valence-corrected chi connectivity index (χ1v) is 11.3. The minimum atomic E-state index is -3.62. The third kappa shape index (κ3) is 6.48. The summed E-state index contributed by atoms with van der Waals surface area (Å²) in [5.74, 6) is -0.0738. The summed E-state index contributed by atoms with van der Waals surface area (Å²) >= 11 is 9.49. The first kappa shape index (κ1) is 22.7. The van der Waals surface area contributed by atoms with Crippen molar-refractivity contribution < 1.29 is 17.9 Å². The van der Waals surface area contributed by atoms with Crippen molar-refractivity contribution in [1.29, 1.82) is 0 Å². The van der Waals surface area contributed by atoms with Gasteiger partial charge in [0.05, 0.1) is 16.0 Å². The Morgan fingerprint density at radius 1 is 1.21 bits per heavy atom. The van der Waals surface area contributed by atoms with Gasteiger partial charge < -0.3 is 10.1 Å². The van der Waals surface area contributed by atoms with Crippen molar-refractivity contribution >= 4 is 43.5 Å². The van der Waals surface area contributed by atoms with Crippen LogP contribution in [0.2, 0.25) is 5.02 Å². The lowest BCUT2D eigenvalue weighted by Crippen LogP contribution is -2.31. The van der Waals surface area contributed by atoms with Crippen molar-refractivity contribution in [3.8, 4) is 5.75 Å². The zero-order chi connectivity index (χ0) is 20.7. The molecule has 0 bridgehead atoms. The Labute approximate surface area is 178 Å². The third-order valence-corrected chi connectivity index (χ3v) is 6.14. The van der Waals surface area contributed by atoms with E-state index in [-0.39, 0.29) is 34.2 Å². The van der Waals surface area contributed by atoms with Gasteiger partial charge in [0.15, 0.2) is 6.61 Å². The van der Waals surface area contributed by atoms with Crippen LogP contribution in [0.25, 0.3) is 0 Å². The van der Waals surface area contributed by atoms with Crippen molar-refractivity contribution in [3.63, 3.8) is 0 Å². The fourth-order valence-electron chi connectivity index (χ4n) is 2.35. The molecule has 2 N–H and O–H groups in total. The van der Waals surface area contributed by atoms with E-state index in [2.05, 4.69) is 26.0 Å². The number of amides is 1. The number of carbonyl (C=O) groups is 1. The summed E-state index contributed by atoms with van der Waals surface area (Å²) < 4.78 is 33.1. The van der Waals surface area contributed by atoms with E-state index in [1.807, 2.05) is 38.1 Å². The molecule has 0 saturated heterocycles. The maximum absolute atomic E-state index is 12.1. The Kier molecular flexibility index (Phi) is 8.30. The van der Waals surface area contributed by atoms with E-state index in [9.17, 15) is 13.2 Å². The molecule has 0 aliphatic carbocycles. The van der Waals surface area contributed by atoms with Crippen LogP contribution in [0.15, 0.2) is 51.8 Å². The molecule has 1 unspecified atom stereocenters. The second-order valence-electron chi connectivity index (χ2n) is 6.12. The molecule has 0 aromatic heterocycles. The minimum absolute atomic E-state index is 0.0478. The van der Waals surface area contributed by atoms with Crippen LogP contribution in [0, 0.1) is 0 Å². The summed E-state index contributed by atoms with van der Waals surface area (Å²) in [6, 6.07) is 11.6. The van der Waals surface area contributed by atoms with Crippen LogP contribution in [0.4, 0.5) is 0 Å². The quantitative estimate of drug-likeness (QED) is 0.557. The number of rotatable bonds is 9. The van der Waals surface area contributed by atoms with E-state index in [0.717, 1.165) is 10.0 Å². The molecule has 0 heterocycles. The Morgan fingerprint density at radius 3 is 2.50 bits per heavy atom. The van der Waals surface area contributed by atoms with Crippen LogP contribution < -0.4 is 14.8 Å². The van der Waals surface area contributed by atoms with Gasteiger partial charge in [-0.1, -0.05) is 46.6 Å². The number of nitrogens with one attached hydrogen (secondary N) is 2. The topological polar surface area (TPSA) is 84.5 Å². The third-order valence-electron chi connectivity index (χ3n) is 3.86. The Balaban J connectivity index is 1.94.